The third-order valence-electron chi connectivity index (χ3n) is 3.27. The number of carbonyl (C=O) groups is 1. The standard InChI is InChI=1S/C15H9BrClN3O5/c16-10-5-14-13(24-7-25-14)4-9(10)6-18-19-15(21)8-1-2-11(17)12(3-8)20(22)23/h1-6H,7H2,(H,19,21)/b18-6-. The molecule has 0 spiro atoms. The number of hydrogen-bond donors (Lipinski definition) is 1. The van der Waals surface area contributed by atoms with Gasteiger partial charge in [0.15, 0.2) is 11.5 Å². The molecule has 0 fully saturated rings. The molecule has 8 nitrogen and oxygen atoms in total. The molecule has 1 heterocycles. The van der Waals surface area contributed by atoms with Crippen LogP contribution in [0.1, 0.15) is 15.9 Å². The van der Waals surface area contributed by atoms with Crippen molar-refractivity contribution < 1.29 is 19.2 Å². The number of nitro groups is 1. The molecule has 0 unspecified atom stereocenters. The molecule has 0 saturated heterocycles. The van der Waals surface area contributed by atoms with E-state index < -0.39 is 10.8 Å². The van der Waals surface area contributed by atoms with Gasteiger partial charge < -0.3 is 9.47 Å². The summed E-state index contributed by atoms with van der Waals surface area (Å²) in [7, 11) is 0. The smallest absolute Gasteiger partial charge is 0.288 e. The summed E-state index contributed by atoms with van der Waals surface area (Å²) in [6.45, 7) is 0.147. The SMILES string of the molecule is O=C(N/N=C\c1cc2c(cc1Br)OCO2)c1ccc(Cl)c([N+](=O)[O-])c1. The summed E-state index contributed by atoms with van der Waals surface area (Å²) in [5.41, 5.74) is 2.68. The number of carbonyl (C=O) groups excluding carboxylic acids is 1. The van der Waals surface area contributed by atoms with Crippen LogP contribution in [0.3, 0.4) is 0 Å². The topological polar surface area (TPSA) is 103 Å². The summed E-state index contributed by atoms with van der Waals surface area (Å²) in [5.74, 6) is 0.582. The predicted molar refractivity (Wildman–Crippen MR) is 93.4 cm³/mol. The van der Waals surface area contributed by atoms with Gasteiger partial charge in [0.2, 0.25) is 6.79 Å². The van der Waals surface area contributed by atoms with E-state index in [0.717, 1.165) is 6.07 Å². The van der Waals surface area contributed by atoms with Gasteiger partial charge in [-0.05, 0) is 40.2 Å². The summed E-state index contributed by atoms with van der Waals surface area (Å²) in [6.07, 6.45) is 1.41. The lowest BCUT2D eigenvalue weighted by molar-refractivity contribution is -0.384. The molecular weight excluding hydrogens is 418 g/mol. The highest BCUT2D eigenvalue weighted by atomic mass is 79.9. The Balaban J connectivity index is 1.73. The van der Waals surface area contributed by atoms with E-state index in [1.807, 2.05) is 0 Å². The van der Waals surface area contributed by atoms with Crippen molar-refractivity contribution in [2.24, 2.45) is 5.10 Å². The van der Waals surface area contributed by atoms with Gasteiger partial charge in [0.25, 0.3) is 11.6 Å². The van der Waals surface area contributed by atoms with Gasteiger partial charge in [-0.25, -0.2) is 5.43 Å². The Morgan fingerprint density at radius 2 is 2.04 bits per heavy atom. The zero-order valence-electron chi connectivity index (χ0n) is 12.4. The molecule has 0 saturated carbocycles. The van der Waals surface area contributed by atoms with Gasteiger partial charge in [-0.2, -0.15) is 5.10 Å². The van der Waals surface area contributed by atoms with Gasteiger partial charge in [-0.3, -0.25) is 14.9 Å². The lowest BCUT2D eigenvalue weighted by Crippen LogP contribution is -2.17. The number of nitrogens with zero attached hydrogens (tertiary/aromatic N) is 2. The lowest BCUT2D eigenvalue weighted by atomic mass is 10.2. The molecule has 25 heavy (non-hydrogen) atoms. The summed E-state index contributed by atoms with van der Waals surface area (Å²) < 4.78 is 11.2. The summed E-state index contributed by atoms with van der Waals surface area (Å²) in [4.78, 5) is 22.2. The van der Waals surface area contributed by atoms with E-state index in [1.54, 1.807) is 12.1 Å². The van der Waals surface area contributed by atoms with Crippen molar-refractivity contribution in [3.05, 3.63) is 61.1 Å². The van der Waals surface area contributed by atoms with Crippen molar-refractivity contribution >= 4 is 45.3 Å². The van der Waals surface area contributed by atoms with Crippen LogP contribution in [-0.4, -0.2) is 23.8 Å². The summed E-state index contributed by atoms with van der Waals surface area (Å²) in [5, 5.41) is 14.7. The predicted octanol–water partition coefficient (Wildman–Crippen LogP) is 3.50. The van der Waals surface area contributed by atoms with E-state index >= 15 is 0 Å². The number of benzene rings is 2. The second kappa shape index (κ2) is 7.08. The van der Waals surface area contributed by atoms with E-state index in [-0.39, 0.29) is 23.1 Å². The molecule has 3 rings (SSSR count). The third kappa shape index (κ3) is 3.72. The van der Waals surface area contributed by atoms with Crippen molar-refractivity contribution in [3.8, 4) is 11.5 Å². The zero-order valence-corrected chi connectivity index (χ0v) is 14.7. The molecule has 0 atom stereocenters. The number of hydrogen-bond acceptors (Lipinski definition) is 6. The zero-order chi connectivity index (χ0) is 18.0. The molecule has 1 aliphatic heterocycles. The first kappa shape index (κ1) is 17.2. The number of fused-ring (bicyclic) bond motifs is 1. The lowest BCUT2D eigenvalue weighted by Gasteiger charge is -2.03. The van der Waals surface area contributed by atoms with Crippen LogP contribution in [0.15, 0.2) is 39.9 Å². The van der Waals surface area contributed by atoms with E-state index in [2.05, 4.69) is 26.5 Å². The van der Waals surface area contributed by atoms with Gasteiger partial charge in [-0.15, -0.1) is 0 Å². The number of nitro benzene ring substituents is 1. The van der Waals surface area contributed by atoms with Crippen LogP contribution in [0.25, 0.3) is 0 Å². The largest absolute Gasteiger partial charge is 0.454 e. The van der Waals surface area contributed by atoms with Crippen molar-refractivity contribution in [2.45, 2.75) is 0 Å². The average molecular weight is 427 g/mol. The fraction of sp³-hybridized carbons (Fsp3) is 0.0667. The van der Waals surface area contributed by atoms with Crippen LogP contribution in [0.2, 0.25) is 5.02 Å². The number of halogens is 2. The minimum atomic E-state index is -0.661. The molecule has 1 N–H and O–H groups in total. The van der Waals surface area contributed by atoms with Crippen LogP contribution in [-0.2, 0) is 0 Å². The monoisotopic (exact) mass is 425 g/mol. The Morgan fingerprint density at radius 3 is 2.76 bits per heavy atom. The van der Waals surface area contributed by atoms with Gasteiger partial charge in [-0.1, -0.05) is 11.6 Å². The Labute approximate surface area is 154 Å². The molecule has 1 amide bonds. The molecule has 128 valence electrons. The van der Waals surface area contributed by atoms with Crippen LogP contribution in [0, 0.1) is 10.1 Å². The molecule has 2 aromatic rings. The Morgan fingerprint density at radius 1 is 1.32 bits per heavy atom. The minimum Gasteiger partial charge on any atom is -0.454 e. The molecule has 0 bridgehead atoms. The number of hydrazone groups is 1. The number of nitrogens with one attached hydrogen (secondary N) is 1. The molecule has 0 radical (unpaired) electrons. The molecule has 1 aliphatic rings. The van der Waals surface area contributed by atoms with Crippen LogP contribution >= 0.6 is 27.5 Å². The van der Waals surface area contributed by atoms with E-state index in [0.29, 0.717) is 21.5 Å². The summed E-state index contributed by atoms with van der Waals surface area (Å²) >= 11 is 9.08. The molecular formula is C15H9BrClN3O5. The Hall–Kier alpha value is -2.65. The first-order valence-electron chi connectivity index (χ1n) is 6.82. The first-order chi connectivity index (χ1) is 12.0. The van der Waals surface area contributed by atoms with Gasteiger partial charge in [0.1, 0.15) is 5.02 Å². The third-order valence-corrected chi connectivity index (χ3v) is 4.27. The van der Waals surface area contributed by atoms with E-state index in [4.69, 9.17) is 21.1 Å². The van der Waals surface area contributed by atoms with Crippen molar-refractivity contribution in [2.75, 3.05) is 6.79 Å². The number of rotatable bonds is 4. The summed E-state index contributed by atoms with van der Waals surface area (Å²) in [6, 6.07) is 7.18. The van der Waals surface area contributed by atoms with Gasteiger partial charge in [0, 0.05) is 21.7 Å². The van der Waals surface area contributed by atoms with Gasteiger partial charge >= 0.3 is 0 Å². The first-order valence-corrected chi connectivity index (χ1v) is 7.99. The van der Waals surface area contributed by atoms with Crippen LogP contribution in [0.5, 0.6) is 11.5 Å². The van der Waals surface area contributed by atoms with Crippen LogP contribution in [0.4, 0.5) is 5.69 Å². The van der Waals surface area contributed by atoms with Gasteiger partial charge in [0.05, 0.1) is 11.1 Å². The van der Waals surface area contributed by atoms with E-state index in [9.17, 15) is 14.9 Å². The molecule has 0 aromatic heterocycles. The minimum absolute atomic E-state index is 0.0469. The number of ether oxygens (including phenoxy) is 2. The van der Waals surface area contributed by atoms with Crippen molar-refractivity contribution in [3.63, 3.8) is 0 Å². The van der Waals surface area contributed by atoms with E-state index in [1.165, 1.54) is 18.3 Å². The quantitative estimate of drug-likeness (QED) is 0.458. The second-order valence-corrected chi connectivity index (χ2v) is 6.11. The maximum atomic E-state index is 12.0. The van der Waals surface area contributed by atoms with Crippen molar-refractivity contribution in [1.29, 1.82) is 0 Å². The highest BCUT2D eigenvalue weighted by Crippen LogP contribution is 2.36. The average Bonchev–Trinajstić information content (AvgIpc) is 3.02. The highest BCUT2D eigenvalue weighted by Gasteiger charge is 2.17. The highest BCUT2D eigenvalue weighted by molar-refractivity contribution is 9.10. The fourth-order valence-electron chi connectivity index (χ4n) is 2.05. The van der Waals surface area contributed by atoms with Crippen molar-refractivity contribution in [1.82, 2.24) is 5.43 Å². The molecule has 0 aliphatic carbocycles. The van der Waals surface area contributed by atoms with Crippen LogP contribution < -0.4 is 14.9 Å². The maximum absolute atomic E-state index is 12.0. The maximum Gasteiger partial charge on any atom is 0.288 e. The fourth-order valence-corrected chi connectivity index (χ4v) is 2.66. The second-order valence-electron chi connectivity index (χ2n) is 4.85. The normalized spacial score (nSPS) is 12.4. The molecule has 10 heteroatoms. The molecule has 2 aromatic carbocycles. The Kier molecular flexibility index (Phi) is 4.86. The Bertz CT molecular complexity index is 903. The number of amides is 1.